The third-order valence-corrected chi connectivity index (χ3v) is 2.59. The SMILES string of the molecule is CCOc1nc(NC)nc(NC(C)(C)C(C)O)n1. The van der Waals surface area contributed by atoms with E-state index in [0.717, 1.165) is 0 Å². The number of aliphatic hydroxyl groups is 1. The third kappa shape index (κ3) is 3.69. The predicted molar refractivity (Wildman–Crippen MR) is 69.9 cm³/mol. The molecule has 0 fully saturated rings. The van der Waals surface area contributed by atoms with Crippen molar-refractivity contribution in [3.8, 4) is 6.01 Å². The highest BCUT2D eigenvalue weighted by Gasteiger charge is 2.25. The Kier molecular flexibility index (Phi) is 4.66. The van der Waals surface area contributed by atoms with Crippen LogP contribution >= 0.6 is 0 Å². The van der Waals surface area contributed by atoms with Crippen LogP contribution in [0.5, 0.6) is 6.01 Å². The zero-order valence-corrected chi connectivity index (χ0v) is 11.5. The fourth-order valence-electron chi connectivity index (χ4n) is 1.11. The van der Waals surface area contributed by atoms with Gasteiger partial charge in [0.25, 0.3) is 0 Å². The first kappa shape index (κ1) is 14.4. The lowest BCUT2D eigenvalue weighted by atomic mass is 9.99. The second-order valence-corrected chi connectivity index (χ2v) is 4.47. The Labute approximate surface area is 107 Å². The van der Waals surface area contributed by atoms with E-state index in [1.165, 1.54) is 0 Å². The van der Waals surface area contributed by atoms with Crippen LogP contribution in [-0.4, -0.2) is 45.4 Å². The molecule has 3 N–H and O–H groups in total. The first-order valence-electron chi connectivity index (χ1n) is 5.92. The Morgan fingerprint density at radius 1 is 1.28 bits per heavy atom. The average Bonchev–Trinajstić information content (AvgIpc) is 2.28. The van der Waals surface area contributed by atoms with Crippen LogP contribution in [0.4, 0.5) is 11.9 Å². The fourth-order valence-corrected chi connectivity index (χ4v) is 1.11. The summed E-state index contributed by atoms with van der Waals surface area (Å²) in [5.41, 5.74) is -0.546. The van der Waals surface area contributed by atoms with Crippen molar-refractivity contribution in [1.82, 2.24) is 15.0 Å². The minimum Gasteiger partial charge on any atom is -0.464 e. The molecule has 0 saturated carbocycles. The van der Waals surface area contributed by atoms with E-state index in [0.29, 0.717) is 18.5 Å². The van der Waals surface area contributed by atoms with Crippen molar-refractivity contribution >= 4 is 11.9 Å². The number of anilines is 2. The summed E-state index contributed by atoms with van der Waals surface area (Å²) in [5, 5.41) is 15.6. The summed E-state index contributed by atoms with van der Waals surface area (Å²) in [5.74, 6) is 0.779. The van der Waals surface area contributed by atoms with Gasteiger partial charge in [-0.05, 0) is 27.7 Å². The number of hydrogen-bond acceptors (Lipinski definition) is 7. The summed E-state index contributed by atoms with van der Waals surface area (Å²) in [4.78, 5) is 12.4. The van der Waals surface area contributed by atoms with E-state index in [4.69, 9.17) is 4.74 Å². The van der Waals surface area contributed by atoms with E-state index in [-0.39, 0.29) is 6.01 Å². The Hall–Kier alpha value is -1.63. The molecule has 1 heterocycles. The minimum atomic E-state index is -0.553. The van der Waals surface area contributed by atoms with Crippen molar-refractivity contribution in [2.24, 2.45) is 0 Å². The van der Waals surface area contributed by atoms with E-state index < -0.39 is 11.6 Å². The van der Waals surface area contributed by atoms with Crippen LogP contribution in [-0.2, 0) is 0 Å². The monoisotopic (exact) mass is 255 g/mol. The van der Waals surface area contributed by atoms with Crippen molar-refractivity contribution in [3.05, 3.63) is 0 Å². The Bertz CT molecular complexity index is 395. The van der Waals surface area contributed by atoms with E-state index >= 15 is 0 Å². The molecule has 102 valence electrons. The molecule has 0 amide bonds. The van der Waals surface area contributed by atoms with Crippen molar-refractivity contribution in [2.45, 2.75) is 39.3 Å². The van der Waals surface area contributed by atoms with Crippen LogP contribution in [0.1, 0.15) is 27.7 Å². The van der Waals surface area contributed by atoms with Crippen LogP contribution in [0.15, 0.2) is 0 Å². The van der Waals surface area contributed by atoms with Gasteiger partial charge >= 0.3 is 6.01 Å². The molecular formula is C11H21N5O2. The lowest BCUT2D eigenvalue weighted by Gasteiger charge is -2.29. The zero-order valence-electron chi connectivity index (χ0n) is 11.5. The lowest BCUT2D eigenvalue weighted by Crippen LogP contribution is -2.42. The van der Waals surface area contributed by atoms with Gasteiger partial charge in [-0.25, -0.2) is 0 Å². The number of nitrogens with zero attached hydrogens (tertiary/aromatic N) is 3. The lowest BCUT2D eigenvalue weighted by molar-refractivity contribution is 0.132. The van der Waals surface area contributed by atoms with Crippen LogP contribution in [0.25, 0.3) is 0 Å². The van der Waals surface area contributed by atoms with Crippen LogP contribution in [0, 0.1) is 0 Å². The van der Waals surface area contributed by atoms with Crippen LogP contribution in [0.3, 0.4) is 0 Å². The van der Waals surface area contributed by atoms with E-state index in [1.54, 1.807) is 14.0 Å². The number of ether oxygens (including phenoxy) is 1. The topological polar surface area (TPSA) is 92.2 Å². The molecule has 0 spiro atoms. The maximum Gasteiger partial charge on any atom is 0.323 e. The van der Waals surface area contributed by atoms with Crippen molar-refractivity contribution in [1.29, 1.82) is 0 Å². The van der Waals surface area contributed by atoms with Gasteiger partial charge in [-0.15, -0.1) is 0 Å². The Morgan fingerprint density at radius 2 is 1.89 bits per heavy atom. The maximum absolute atomic E-state index is 9.66. The van der Waals surface area contributed by atoms with Gasteiger partial charge in [-0.3, -0.25) is 0 Å². The highest BCUT2D eigenvalue weighted by atomic mass is 16.5. The molecule has 1 aromatic rings. The average molecular weight is 255 g/mol. The van der Waals surface area contributed by atoms with Gasteiger partial charge in [0.05, 0.1) is 18.2 Å². The standard InChI is InChI=1S/C11H21N5O2/c1-6-18-10-14-8(12-5)13-9(15-10)16-11(3,4)7(2)17/h7,17H,6H2,1-5H3,(H2,12,13,14,15,16). The highest BCUT2D eigenvalue weighted by molar-refractivity contribution is 5.37. The van der Waals surface area contributed by atoms with Gasteiger partial charge < -0.3 is 20.5 Å². The van der Waals surface area contributed by atoms with Crippen molar-refractivity contribution in [3.63, 3.8) is 0 Å². The summed E-state index contributed by atoms with van der Waals surface area (Å²) < 4.78 is 5.26. The molecule has 1 atom stereocenters. The maximum atomic E-state index is 9.66. The van der Waals surface area contributed by atoms with E-state index in [2.05, 4.69) is 25.6 Å². The number of nitrogens with one attached hydrogen (secondary N) is 2. The highest BCUT2D eigenvalue weighted by Crippen LogP contribution is 2.18. The first-order valence-corrected chi connectivity index (χ1v) is 5.92. The minimum absolute atomic E-state index is 0.251. The molecule has 1 aromatic heterocycles. The van der Waals surface area contributed by atoms with Crippen LogP contribution in [0.2, 0.25) is 0 Å². The smallest absolute Gasteiger partial charge is 0.323 e. The molecule has 0 aliphatic carbocycles. The van der Waals surface area contributed by atoms with Crippen molar-refractivity contribution < 1.29 is 9.84 Å². The normalized spacial score (nSPS) is 13.0. The Morgan fingerprint density at radius 3 is 2.39 bits per heavy atom. The second-order valence-electron chi connectivity index (χ2n) is 4.47. The van der Waals surface area contributed by atoms with Crippen LogP contribution < -0.4 is 15.4 Å². The molecule has 0 saturated heterocycles. The molecule has 0 aliphatic rings. The van der Waals surface area contributed by atoms with Gasteiger partial charge in [0.15, 0.2) is 0 Å². The van der Waals surface area contributed by atoms with Gasteiger partial charge in [0.1, 0.15) is 0 Å². The molecule has 1 rings (SSSR count). The Balaban J connectivity index is 2.97. The fraction of sp³-hybridized carbons (Fsp3) is 0.727. The second kappa shape index (κ2) is 5.81. The summed E-state index contributed by atoms with van der Waals surface area (Å²) in [6, 6.07) is 0.251. The summed E-state index contributed by atoms with van der Waals surface area (Å²) >= 11 is 0. The quantitative estimate of drug-likeness (QED) is 0.695. The van der Waals surface area contributed by atoms with Gasteiger partial charge in [-0.2, -0.15) is 15.0 Å². The first-order chi connectivity index (χ1) is 8.39. The zero-order chi connectivity index (χ0) is 13.8. The summed E-state index contributed by atoms with van der Waals surface area (Å²) in [6.45, 7) is 7.76. The molecular weight excluding hydrogens is 234 g/mol. The molecule has 0 radical (unpaired) electrons. The summed E-state index contributed by atoms with van der Waals surface area (Å²) in [7, 11) is 1.72. The van der Waals surface area contributed by atoms with Crippen molar-refractivity contribution in [2.75, 3.05) is 24.3 Å². The molecule has 18 heavy (non-hydrogen) atoms. The molecule has 7 nitrogen and oxygen atoms in total. The third-order valence-electron chi connectivity index (χ3n) is 2.59. The summed E-state index contributed by atoms with van der Waals surface area (Å²) in [6.07, 6.45) is -0.553. The number of hydrogen-bond donors (Lipinski definition) is 3. The molecule has 0 bridgehead atoms. The largest absolute Gasteiger partial charge is 0.464 e. The number of aliphatic hydroxyl groups excluding tert-OH is 1. The van der Waals surface area contributed by atoms with E-state index in [1.807, 2.05) is 20.8 Å². The molecule has 0 aromatic carbocycles. The predicted octanol–water partition coefficient (Wildman–Crippen LogP) is 0.883. The molecule has 0 aliphatic heterocycles. The molecule has 1 unspecified atom stereocenters. The van der Waals surface area contributed by atoms with Gasteiger partial charge in [0.2, 0.25) is 11.9 Å². The van der Waals surface area contributed by atoms with Gasteiger partial charge in [-0.1, -0.05) is 0 Å². The number of rotatable bonds is 6. The van der Waals surface area contributed by atoms with E-state index in [9.17, 15) is 5.11 Å². The number of aromatic nitrogens is 3. The molecule has 7 heteroatoms. The van der Waals surface area contributed by atoms with Gasteiger partial charge in [0, 0.05) is 7.05 Å².